The Labute approximate surface area is 159 Å². The van der Waals surface area contributed by atoms with Crippen LogP contribution in [0.1, 0.15) is 59.9 Å². The average molecular weight is 383 g/mol. The van der Waals surface area contributed by atoms with E-state index in [0.717, 1.165) is 29.3 Å². The van der Waals surface area contributed by atoms with Gasteiger partial charge in [-0.3, -0.25) is 0 Å². The molecule has 5 nitrogen and oxygen atoms in total. The molecule has 0 amide bonds. The summed E-state index contributed by atoms with van der Waals surface area (Å²) in [5.41, 5.74) is 1.01. The number of hydrogen-bond donors (Lipinski definition) is 0. The molecule has 6 heteroatoms. The van der Waals surface area contributed by atoms with Gasteiger partial charge in [-0.1, -0.05) is 19.9 Å². The van der Waals surface area contributed by atoms with Gasteiger partial charge in [-0.2, -0.15) is 0 Å². The zero-order valence-electron chi connectivity index (χ0n) is 17.1. The molecule has 2 rings (SSSR count). The molecule has 0 bridgehead atoms. The Morgan fingerprint density at radius 1 is 1.08 bits per heavy atom. The lowest BCUT2D eigenvalue weighted by Gasteiger charge is -2.37. The van der Waals surface area contributed by atoms with E-state index in [0.29, 0.717) is 32.3 Å². The summed E-state index contributed by atoms with van der Waals surface area (Å²) in [4.78, 5) is 0. The first kappa shape index (κ1) is 21.4. The first-order chi connectivity index (χ1) is 12.4. The normalized spacial score (nSPS) is 20.1. The highest BCUT2D eigenvalue weighted by atomic mass is 28.4. The fourth-order valence-corrected chi connectivity index (χ4v) is 5.62. The van der Waals surface area contributed by atoms with Crippen LogP contribution >= 0.6 is 0 Å². The number of rotatable bonds is 10. The minimum Gasteiger partial charge on any atom is -0.462 e. The van der Waals surface area contributed by atoms with Crippen molar-refractivity contribution in [1.82, 2.24) is 0 Å². The molecule has 1 unspecified atom stereocenters. The average Bonchev–Trinajstić information content (AvgIpc) is 2.60. The van der Waals surface area contributed by atoms with E-state index in [1.165, 1.54) is 0 Å². The second kappa shape index (κ2) is 9.33. The molecular formula is C20H34O5Si. The third kappa shape index (κ3) is 5.08. The van der Waals surface area contributed by atoms with Crippen molar-refractivity contribution in [2.45, 2.75) is 66.8 Å². The van der Waals surface area contributed by atoms with Crippen molar-refractivity contribution < 1.29 is 22.8 Å². The summed E-state index contributed by atoms with van der Waals surface area (Å²) in [7, 11) is -2.91. The minimum absolute atomic E-state index is 0.520. The zero-order valence-corrected chi connectivity index (χ0v) is 18.1. The molecule has 1 heterocycles. The van der Waals surface area contributed by atoms with E-state index in [9.17, 15) is 0 Å². The topological polar surface area (TPSA) is 46.2 Å². The van der Waals surface area contributed by atoms with E-state index in [2.05, 4.69) is 19.9 Å². The van der Waals surface area contributed by atoms with E-state index in [-0.39, 0.29) is 0 Å². The summed E-state index contributed by atoms with van der Waals surface area (Å²) in [5, 5.41) is 0.958. The number of fused-ring (bicyclic) bond motifs is 1. The molecule has 0 saturated carbocycles. The largest absolute Gasteiger partial charge is 0.537 e. The van der Waals surface area contributed by atoms with Crippen molar-refractivity contribution in [1.29, 1.82) is 0 Å². The third-order valence-corrected chi connectivity index (χ3v) is 7.48. The molecule has 0 aromatic heterocycles. The van der Waals surface area contributed by atoms with Gasteiger partial charge in [0.25, 0.3) is 0 Å². The Morgan fingerprint density at radius 3 is 2.23 bits per heavy atom. The number of benzene rings is 1. The van der Waals surface area contributed by atoms with Gasteiger partial charge in [-0.15, -0.1) is 0 Å². The summed E-state index contributed by atoms with van der Waals surface area (Å²) < 4.78 is 30.3. The molecule has 1 aromatic carbocycles. The highest BCUT2D eigenvalue weighted by Gasteiger charge is 2.44. The van der Waals surface area contributed by atoms with Crippen LogP contribution in [0.25, 0.3) is 0 Å². The maximum atomic E-state index is 6.19. The molecular weight excluding hydrogens is 348 g/mol. The molecule has 0 aliphatic carbocycles. The lowest BCUT2D eigenvalue weighted by Crippen LogP contribution is -2.57. The van der Waals surface area contributed by atoms with Gasteiger partial charge in [-0.05, 0) is 45.2 Å². The fourth-order valence-electron chi connectivity index (χ4n) is 3.09. The lowest BCUT2D eigenvalue weighted by molar-refractivity contribution is -0.198. The van der Waals surface area contributed by atoms with Crippen LogP contribution in [0.15, 0.2) is 18.2 Å². The number of ether oxygens (including phenoxy) is 2. The number of hydrogen-bond acceptors (Lipinski definition) is 5. The molecule has 26 heavy (non-hydrogen) atoms. The Kier molecular flexibility index (Phi) is 7.67. The van der Waals surface area contributed by atoms with Crippen molar-refractivity contribution in [3.05, 3.63) is 23.8 Å². The zero-order chi connectivity index (χ0) is 19.2. The monoisotopic (exact) mass is 382 g/mol. The van der Waals surface area contributed by atoms with Gasteiger partial charge in [0, 0.05) is 43.9 Å². The highest BCUT2D eigenvalue weighted by molar-refractivity contribution is 6.75. The minimum atomic E-state index is -2.91. The Bertz CT molecular complexity index is 560. The summed E-state index contributed by atoms with van der Waals surface area (Å²) in [5.74, 6) is 0.934. The maximum absolute atomic E-state index is 6.19. The Hall–Kier alpha value is -0.923. The van der Waals surface area contributed by atoms with Crippen LogP contribution in [-0.2, 0) is 24.6 Å². The summed E-state index contributed by atoms with van der Waals surface area (Å²) in [6, 6.07) is 6.07. The van der Waals surface area contributed by atoms with Crippen molar-refractivity contribution >= 4 is 14.0 Å². The highest BCUT2D eigenvalue weighted by Crippen LogP contribution is 2.34. The Morgan fingerprint density at radius 2 is 1.69 bits per heavy atom. The van der Waals surface area contributed by atoms with Gasteiger partial charge in [0.05, 0.1) is 6.61 Å². The van der Waals surface area contributed by atoms with Gasteiger partial charge >= 0.3 is 8.80 Å². The standard InChI is InChI=1S/C20H34O5Si/c1-7-22-26(23-8-2,24-9-3)18-10-11-19-17(14-18)15-21-20(6,25-19)13-12-16(4)5/h10-11,14,16H,7-9,12-13,15H2,1-6H3. The quantitative estimate of drug-likeness (QED) is 0.572. The van der Waals surface area contributed by atoms with Crippen LogP contribution in [-0.4, -0.2) is 34.4 Å². The molecule has 148 valence electrons. The molecule has 0 N–H and O–H groups in total. The van der Waals surface area contributed by atoms with Gasteiger partial charge in [-0.25, -0.2) is 0 Å². The van der Waals surface area contributed by atoms with Gasteiger partial charge in [0.15, 0.2) is 0 Å². The predicted octanol–water partition coefficient (Wildman–Crippen LogP) is 4.00. The molecule has 0 radical (unpaired) electrons. The lowest BCUT2D eigenvalue weighted by atomic mass is 10.0. The van der Waals surface area contributed by atoms with E-state index >= 15 is 0 Å². The second-order valence-corrected chi connectivity index (χ2v) is 9.69. The van der Waals surface area contributed by atoms with Gasteiger partial charge in [0.2, 0.25) is 5.79 Å². The van der Waals surface area contributed by atoms with Gasteiger partial charge < -0.3 is 22.8 Å². The van der Waals surface area contributed by atoms with Crippen LogP contribution in [0.4, 0.5) is 0 Å². The van der Waals surface area contributed by atoms with Crippen LogP contribution < -0.4 is 9.92 Å². The molecule has 0 fully saturated rings. The summed E-state index contributed by atoms with van der Waals surface area (Å²) >= 11 is 0. The van der Waals surface area contributed by atoms with Gasteiger partial charge in [0.1, 0.15) is 5.75 Å². The van der Waals surface area contributed by atoms with Crippen molar-refractivity contribution in [3.8, 4) is 5.75 Å². The van der Waals surface area contributed by atoms with Crippen LogP contribution in [0, 0.1) is 5.92 Å². The third-order valence-electron chi connectivity index (χ3n) is 4.45. The molecule has 0 saturated heterocycles. The molecule has 1 aliphatic heterocycles. The first-order valence-corrected chi connectivity index (χ1v) is 11.5. The molecule has 0 spiro atoms. The van der Waals surface area contributed by atoms with E-state index in [4.69, 9.17) is 22.8 Å². The van der Waals surface area contributed by atoms with E-state index < -0.39 is 14.6 Å². The van der Waals surface area contributed by atoms with Crippen molar-refractivity contribution in [2.75, 3.05) is 19.8 Å². The van der Waals surface area contributed by atoms with Crippen molar-refractivity contribution in [3.63, 3.8) is 0 Å². The SMILES string of the molecule is CCO[Si](OCC)(OCC)c1ccc2c(c1)COC(C)(CCC(C)C)O2. The predicted molar refractivity (Wildman–Crippen MR) is 105 cm³/mol. The van der Waals surface area contributed by atoms with Crippen LogP contribution in [0.3, 0.4) is 0 Å². The van der Waals surface area contributed by atoms with E-state index in [1.807, 2.05) is 39.8 Å². The van der Waals surface area contributed by atoms with Crippen molar-refractivity contribution in [2.24, 2.45) is 5.92 Å². The van der Waals surface area contributed by atoms with Crippen LogP contribution in [0.2, 0.25) is 0 Å². The fraction of sp³-hybridized carbons (Fsp3) is 0.700. The first-order valence-electron chi connectivity index (χ1n) is 9.76. The second-order valence-electron chi connectivity index (χ2n) is 7.13. The van der Waals surface area contributed by atoms with Crippen LogP contribution in [0.5, 0.6) is 5.75 Å². The Balaban J connectivity index is 2.25. The smallest absolute Gasteiger partial charge is 0.462 e. The summed E-state index contributed by atoms with van der Waals surface area (Å²) in [6.45, 7) is 14.5. The maximum Gasteiger partial charge on any atom is 0.537 e. The molecule has 1 aliphatic rings. The molecule has 1 atom stereocenters. The van der Waals surface area contributed by atoms with E-state index in [1.54, 1.807) is 0 Å². The summed E-state index contributed by atoms with van der Waals surface area (Å²) in [6.07, 6.45) is 1.94. The molecule has 1 aromatic rings.